The number of urea groups is 1. The first-order valence-corrected chi connectivity index (χ1v) is 7.06. The van der Waals surface area contributed by atoms with E-state index in [1.54, 1.807) is 11.8 Å². The summed E-state index contributed by atoms with van der Waals surface area (Å²) >= 11 is 0. The Kier molecular flexibility index (Phi) is 6.22. The fourth-order valence-corrected chi connectivity index (χ4v) is 2.15. The summed E-state index contributed by atoms with van der Waals surface area (Å²) in [7, 11) is 0. The molecule has 0 spiro atoms. The minimum absolute atomic E-state index is 0.110. The van der Waals surface area contributed by atoms with Gasteiger partial charge in [-0.1, -0.05) is 6.92 Å². The van der Waals surface area contributed by atoms with Gasteiger partial charge in [0, 0.05) is 26.2 Å². The summed E-state index contributed by atoms with van der Waals surface area (Å²) in [5.41, 5.74) is -1.23. The largest absolute Gasteiger partial charge is 0.480 e. The molecule has 1 atom stereocenters. The molecule has 0 saturated carbocycles. The van der Waals surface area contributed by atoms with Crippen LogP contribution < -0.4 is 5.32 Å². The fraction of sp³-hybridized carbons (Fsp3) is 0.846. The average Bonchev–Trinajstić information content (AvgIpc) is 2.64. The van der Waals surface area contributed by atoms with E-state index >= 15 is 0 Å². The zero-order valence-corrected chi connectivity index (χ0v) is 12.3. The Labute approximate surface area is 119 Å². The number of aliphatic hydroxyl groups excluding tert-OH is 1. The predicted octanol–water partition coefficient (Wildman–Crippen LogP) is -0.0507. The Morgan fingerprint density at radius 2 is 1.95 bits per heavy atom. The second kappa shape index (κ2) is 7.44. The van der Waals surface area contributed by atoms with Gasteiger partial charge in [-0.25, -0.2) is 9.59 Å². The summed E-state index contributed by atoms with van der Waals surface area (Å²) in [5, 5.41) is 20.7. The van der Waals surface area contributed by atoms with Gasteiger partial charge in [0.2, 0.25) is 0 Å². The van der Waals surface area contributed by atoms with Crippen LogP contribution in [0.25, 0.3) is 0 Å². The monoisotopic (exact) mass is 287 g/mol. The van der Waals surface area contributed by atoms with E-state index in [1.165, 1.54) is 6.92 Å². The number of β-amino-alcohol motifs (C(OH)–C–C–N with tert-alkyl or cyclic N) is 1. The third-order valence-corrected chi connectivity index (χ3v) is 3.85. The van der Waals surface area contributed by atoms with E-state index in [0.717, 1.165) is 13.0 Å². The van der Waals surface area contributed by atoms with Crippen LogP contribution in [0.3, 0.4) is 0 Å². The highest BCUT2D eigenvalue weighted by atomic mass is 16.4. The summed E-state index contributed by atoms with van der Waals surface area (Å²) in [6.45, 7) is 6.66. The van der Waals surface area contributed by atoms with E-state index in [1.807, 2.05) is 0 Å². The Bertz CT molecular complexity index is 351. The molecule has 3 N–H and O–H groups in total. The summed E-state index contributed by atoms with van der Waals surface area (Å²) in [6, 6.07) is -0.331. The first-order chi connectivity index (χ1) is 9.42. The molecule has 1 saturated heterocycles. The van der Waals surface area contributed by atoms with Crippen LogP contribution in [-0.2, 0) is 4.79 Å². The molecule has 0 aromatic carbocycles. The molecule has 0 bridgehead atoms. The van der Waals surface area contributed by atoms with Crippen LogP contribution in [0.4, 0.5) is 4.79 Å². The van der Waals surface area contributed by atoms with Gasteiger partial charge in [-0.3, -0.25) is 4.90 Å². The molecule has 116 valence electrons. The Hall–Kier alpha value is -1.34. The number of carboxylic acids is 1. The van der Waals surface area contributed by atoms with Crippen molar-refractivity contribution in [2.75, 3.05) is 39.3 Å². The van der Waals surface area contributed by atoms with Crippen molar-refractivity contribution in [3.05, 3.63) is 0 Å². The number of hydrogen-bond donors (Lipinski definition) is 3. The zero-order chi connectivity index (χ0) is 15.2. The van der Waals surface area contributed by atoms with Crippen LogP contribution in [0.15, 0.2) is 0 Å². The summed E-state index contributed by atoms with van der Waals surface area (Å²) < 4.78 is 0. The standard InChI is InChI=1S/C13H25N3O4/c1-3-13(2,11(18)19)14-12(20)16-6-4-5-15(7-8-16)9-10-17/h17H,3-10H2,1-2H3,(H,14,20)(H,18,19). The number of rotatable bonds is 5. The van der Waals surface area contributed by atoms with Crippen LogP contribution in [0.5, 0.6) is 0 Å². The second-order valence-electron chi connectivity index (χ2n) is 5.33. The summed E-state index contributed by atoms with van der Waals surface area (Å²) in [4.78, 5) is 27.1. The van der Waals surface area contributed by atoms with Crippen LogP contribution >= 0.6 is 0 Å². The Morgan fingerprint density at radius 3 is 2.50 bits per heavy atom. The highest BCUT2D eigenvalue weighted by Gasteiger charge is 2.34. The molecule has 7 heteroatoms. The van der Waals surface area contributed by atoms with Gasteiger partial charge in [0.15, 0.2) is 0 Å². The minimum Gasteiger partial charge on any atom is -0.480 e. The maximum absolute atomic E-state index is 12.2. The van der Waals surface area contributed by atoms with Crippen molar-refractivity contribution in [1.29, 1.82) is 0 Å². The smallest absolute Gasteiger partial charge is 0.329 e. The second-order valence-corrected chi connectivity index (χ2v) is 5.33. The minimum atomic E-state index is -1.23. The fourth-order valence-electron chi connectivity index (χ4n) is 2.15. The molecule has 1 rings (SSSR count). The zero-order valence-electron chi connectivity index (χ0n) is 12.3. The number of nitrogens with one attached hydrogen (secondary N) is 1. The maximum atomic E-state index is 12.2. The van der Waals surface area contributed by atoms with Crippen molar-refractivity contribution in [2.45, 2.75) is 32.2 Å². The number of carboxylic acid groups (broad SMARTS) is 1. The summed E-state index contributed by atoms with van der Waals surface area (Å²) in [5.74, 6) is -1.02. The van der Waals surface area contributed by atoms with E-state index in [9.17, 15) is 14.7 Å². The number of aliphatic hydroxyl groups is 1. The third-order valence-electron chi connectivity index (χ3n) is 3.85. The molecule has 2 amide bonds. The van der Waals surface area contributed by atoms with E-state index < -0.39 is 11.5 Å². The van der Waals surface area contributed by atoms with E-state index in [0.29, 0.717) is 32.6 Å². The normalized spacial score (nSPS) is 20.1. The van der Waals surface area contributed by atoms with Gasteiger partial charge in [-0.15, -0.1) is 0 Å². The van der Waals surface area contributed by atoms with Gasteiger partial charge in [0.1, 0.15) is 5.54 Å². The number of carbonyl (C=O) groups is 2. The van der Waals surface area contributed by atoms with Gasteiger partial charge in [0.25, 0.3) is 0 Å². The van der Waals surface area contributed by atoms with Crippen LogP contribution in [0, 0.1) is 0 Å². The van der Waals surface area contributed by atoms with Gasteiger partial charge < -0.3 is 20.4 Å². The lowest BCUT2D eigenvalue weighted by atomic mass is 10.00. The molecular formula is C13H25N3O4. The van der Waals surface area contributed by atoms with Crippen molar-refractivity contribution in [2.24, 2.45) is 0 Å². The Balaban J connectivity index is 2.57. The van der Waals surface area contributed by atoms with Crippen LogP contribution in [0.1, 0.15) is 26.7 Å². The number of nitrogens with zero attached hydrogens (tertiary/aromatic N) is 2. The topological polar surface area (TPSA) is 93.1 Å². The quantitative estimate of drug-likeness (QED) is 0.659. The van der Waals surface area contributed by atoms with E-state index in [-0.39, 0.29) is 12.6 Å². The van der Waals surface area contributed by atoms with Crippen molar-refractivity contribution in [3.8, 4) is 0 Å². The number of hydrogen-bond acceptors (Lipinski definition) is 4. The molecule has 1 aliphatic heterocycles. The van der Waals surface area contributed by atoms with Crippen molar-refractivity contribution in [3.63, 3.8) is 0 Å². The van der Waals surface area contributed by atoms with Crippen LogP contribution in [-0.4, -0.2) is 76.9 Å². The Morgan fingerprint density at radius 1 is 1.25 bits per heavy atom. The molecule has 7 nitrogen and oxygen atoms in total. The molecule has 0 aliphatic carbocycles. The van der Waals surface area contributed by atoms with E-state index in [4.69, 9.17) is 5.11 Å². The molecule has 1 aliphatic rings. The number of aliphatic carboxylic acids is 1. The first-order valence-electron chi connectivity index (χ1n) is 7.06. The average molecular weight is 287 g/mol. The number of carbonyl (C=O) groups excluding carboxylic acids is 1. The highest BCUT2D eigenvalue weighted by molar-refractivity contribution is 5.85. The third kappa shape index (κ3) is 4.35. The lowest BCUT2D eigenvalue weighted by Gasteiger charge is -2.29. The number of amides is 2. The van der Waals surface area contributed by atoms with Crippen LogP contribution in [0.2, 0.25) is 0 Å². The predicted molar refractivity (Wildman–Crippen MR) is 74.6 cm³/mol. The van der Waals surface area contributed by atoms with Gasteiger partial charge in [-0.05, 0) is 26.3 Å². The lowest BCUT2D eigenvalue weighted by Crippen LogP contribution is -2.56. The van der Waals surface area contributed by atoms with Crippen molar-refractivity contribution in [1.82, 2.24) is 15.1 Å². The molecule has 1 heterocycles. The van der Waals surface area contributed by atoms with Crippen molar-refractivity contribution < 1.29 is 19.8 Å². The molecule has 1 fully saturated rings. The molecule has 0 aromatic rings. The van der Waals surface area contributed by atoms with E-state index in [2.05, 4.69) is 10.2 Å². The lowest BCUT2D eigenvalue weighted by molar-refractivity contribution is -0.143. The van der Waals surface area contributed by atoms with Crippen molar-refractivity contribution >= 4 is 12.0 Å². The molecule has 20 heavy (non-hydrogen) atoms. The molecule has 1 unspecified atom stereocenters. The SMILES string of the molecule is CCC(C)(NC(=O)N1CCCN(CCO)CC1)C(=O)O. The molecule has 0 aromatic heterocycles. The van der Waals surface area contributed by atoms with Gasteiger partial charge >= 0.3 is 12.0 Å². The summed E-state index contributed by atoms with van der Waals surface area (Å²) in [6.07, 6.45) is 1.15. The molecule has 0 radical (unpaired) electrons. The molecular weight excluding hydrogens is 262 g/mol. The maximum Gasteiger partial charge on any atom is 0.329 e. The van der Waals surface area contributed by atoms with Gasteiger partial charge in [-0.2, -0.15) is 0 Å². The highest BCUT2D eigenvalue weighted by Crippen LogP contribution is 2.11. The van der Waals surface area contributed by atoms with Gasteiger partial charge in [0.05, 0.1) is 6.61 Å². The first kappa shape index (κ1) is 16.7.